The molecule has 0 radical (unpaired) electrons. The summed E-state index contributed by atoms with van der Waals surface area (Å²) in [4.78, 5) is 11.6. The number of aryl methyl sites for hydroxylation is 1. The molecular weight excluding hydrogens is 174 g/mol. The molecule has 0 fully saturated rings. The number of hydrogen-bond donors (Lipinski definition) is 1. The Bertz CT molecular complexity index is 336. The van der Waals surface area contributed by atoms with Gasteiger partial charge in [-0.25, -0.2) is 0 Å². The summed E-state index contributed by atoms with van der Waals surface area (Å²) in [5.74, 6) is 0.0445. The van der Waals surface area contributed by atoms with E-state index in [0.717, 1.165) is 11.3 Å². The molecule has 76 valence electrons. The first-order valence-corrected chi connectivity index (χ1v) is 4.78. The van der Waals surface area contributed by atoms with Crippen molar-refractivity contribution in [3.8, 4) is 0 Å². The Hall–Kier alpha value is -1.31. The van der Waals surface area contributed by atoms with Gasteiger partial charge in [-0.3, -0.25) is 4.79 Å². The third kappa shape index (κ3) is 2.87. The van der Waals surface area contributed by atoms with Crippen LogP contribution in [-0.2, 0) is 4.79 Å². The lowest BCUT2D eigenvalue weighted by atomic mass is 9.95. The lowest BCUT2D eigenvalue weighted by Crippen LogP contribution is -2.27. The van der Waals surface area contributed by atoms with Crippen LogP contribution in [0, 0.1) is 12.3 Å². The highest BCUT2D eigenvalue weighted by atomic mass is 16.2. The van der Waals surface area contributed by atoms with Crippen molar-refractivity contribution in [2.75, 3.05) is 5.32 Å². The van der Waals surface area contributed by atoms with Gasteiger partial charge in [0, 0.05) is 11.1 Å². The summed E-state index contributed by atoms with van der Waals surface area (Å²) in [5.41, 5.74) is 1.67. The maximum Gasteiger partial charge on any atom is 0.229 e. The van der Waals surface area contributed by atoms with Crippen LogP contribution in [0.25, 0.3) is 0 Å². The maximum absolute atomic E-state index is 11.6. The Labute approximate surface area is 85.3 Å². The fourth-order valence-electron chi connectivity index (χ4n) is 1.04. The van der Waals surface area contributed by atoms with Crippen LogP contribution in [0.4, 0.5) is 5.69 Å². The summed E-state index contributed by atoms with van der Waals surface area (Å²) in [6.45, 7) is 7.71. The van der Waals surface area contributed by atoms with Crippen molar-refractivity contribution in [3.05, 3.63) is 29.8 Å². The largest absolute Gasteiger partial charge is 0.326 e. The number of carbonyl (C=O) groups is 1. The zero-order chi connectivity index (χ0) is 10.8. The van der Waals surface area contributed by atoms with E-state index in [1.54, 1.807) is 0 Å². The highest BCUT2D eigenvalue weighted by molar-refractivity contribution is 5.94. The Balaban J connectivity index is 2.75. The molecule has 1 rings (SSSR count). The lowest BCUT2D eigenvalue weighted by Gasteiger charge is -2.17. The zero-order valence-electron chi connectivity index (χ0n) is 9.22. The SMILES string of the molecule is Cc1cccc(NC(=O)C(C)(C)C)c1. The van der Waals surface area contributed by atoms with Crippen molar-refractivity contribution in [3.63, 3.8) is 0 Å². The van der Waals surface area contributed by atoms with E-state index in [-0.39, 0.29) is 11.3 Å². The smallest absolute Gasteiger partial charge is 0.229 e. The quantitative estimate of drug-likeness (QED) is 0.726. The molecule has 2 heteroatoms. The normalized spacial score (nSPS) is 11.1. The van der Waals surface area contributed by atoms with Crippen molar-refractivity contribution < 1.29 is 4.79 Å². The molecule has 0 spiro atoms. The van der Waals surface area contributed by atoms with Gasteiger partial charge >= 0.3 is 0 Å². The second-order valence-corrected chi connectivity index (χ2v) is 4.57. The molecule has 0 unspecified atom stereocenters. The summed E-state index contributed by atoms with van der Waals surface area (Å²) < 4.78 is 0. The molecule has 0 aliphatic rings. The minimum absolute atomic E-state index is 0.0445. The molecule has 2 nitrogen and oxygen atoms in total. The average molecular weight is 191 g/mol. The second kappa shape index (κ2) is 3.82. The van der Waals surface area contributed by atoms with Gasteiger partial charge in [-0.15, -0.1) is 0 Å². The molecule has 0 aliphatic carbocycles. The van der Waals surface area contributed by atoms with E-state index in [9.17, 15) is 4.79 Å². The van der Waals surface area contributed by atoms with E-state index < -0.39 is 0 Å². The third-order valence-corrected chi connectivity index (χ3v) is 1.96. The van der Waals surface area contributed by atoms with Gasteiger partial charge in [-0.05, 0) is 24.6 Å². The van der Waals surface area contributed by atoms with E-state index in [0.29, 0.717) is 0 Å². The van der Waals surface area contributed by atoms with E-state index in [2.05, 4.69) is 5.32 Å². The minimum atomic E-state index is -0.344. The number of nitrogens with one attached hydrogen (secondary N) is 1. The number of hydrogen-bond acceptors (Lipinski definition) is 1. The third-order valence-electron chi connectivity index (χ3n) is 1.96. The fourth-order valence-corrected chi connectivity index (χ4v) is 1.04. The number of amides is 1. The molecule has 0 atom stereocenters. The van der Waals surface area contributed by atoms with Gasteiger partial charge in [0.2, 0.25) is 5.91 Å². The molecule has 1 aromatic rings. The molecule has 0 aliphatic heterocycles. The van der Waals surface area contributed by atoms with E-state index in [4.69, 9.17) is 0 Å². The average Bonchev–Trinajstić information content (AvgIpc) is 2.02. The van der Waals surface area contributed by atoms with Crippen LogP contribution in [0.2, 0.25) is 0 Å². The number of rotatable bonds is 1. The minimum Gasteiger partial charge on any atom is -0.326 e. The zero-order valence-corrected chi connectivity index (χ0v) is 9.22. The topological polar surface area (TPSA) is 29.1 Å². The molecule has 0 bridgehead atoms. The highest BCUT2D eigenvalue weighted by Gasteiger charge is 2.20. The fraction of sp³-hybridized carbons (Fsp3) is 0.417. The van der Waals surface area contributed by atoms with Gasteiger partial charge < -0.3 is 5.32 Å². The molecule has 0 aromatic heterocycles. The van der Waals surface area contributed by atoms with Gasteiger partial charge in [0.15, 0.2) is 0 Å². The summed E-state index contributed by atoms with van der Waals surface area (Å²) in [6, 6.07) is 7.81. The monoisotopic (exact) mass is 191 g/mol. The van der Waals surface area contributed by atoms with Crippen molar-refractivity contribution in [1.29, 1.82) is 0 Å². The Morgan fingerprint density at radius 1 is 1.29 bits per heavy atom. The maximum atomic E-state index is 11.6. The van der Waals surface area contributed by atoms with Crippen LogP contribution < -0.4 is 5.32 Å². The van der Waals surface area contributed by atoms with Crippen LogP contribution >= 0.6 is 0 Å². The summed E-state index contributed by atoms with van der Waals surface area (Å²) in [5, 5.41) is 2.88. The molecule has 0 saturated carbocycles. The van der Waals surface area contributed by atoms with E-state index in [1.165, 1.54) is 0 Å². The van der Waals surface area contributed by atoms with Crippen molar-refractivity contribution in [1.82, 2.24) is 0 Å². The molecule has 1 aromatic carbocycles. The molecule has 1 N–H and O–H groups in total. The van der Waals surface area contributed by atoms with Crippen LogP contribution in [0.5, 0.6) is 0 Å². The van der Waals surface area contributed by atoms with E-state index in [1.807, 2.05) is 52.0 Å². The predicted octanol–water partition coefficient (Wildman–Crippen LogP) is 2.98. The number of benzene rings is 1. The van der Waals surface area contributed by atoms with Gasteiger partial charge in [0.05, 0.1) is 0 Å². The standard InChI is InChI=1S/C12H17NO/c1-9-6-5-7-10(8-9)13-11(14)12(2,3)4/h5-8H,1-4H3,(H,13,14). The van der Waals surface area contributed by atoms with Crippen LogP contribution in [0.1, 0.15) is 26.3 Å². The lowest BCUT2D eigenvalue weighted by molar-refractivity contribution is -0.123. The molecule has 1 amide bonds. The molecular formula is C12H17NO. The first kappa shape index (κ1) is 10.8. The number of anilines is 1. The first-order valence-electron chi connectivity index (χ1n) is 4.78. The Morgan fingerprint density at radius 2 is 1.93 bits per heavy atom. The van der Waals surface area contributed by atoms with Crippen molar-refractivity contribution in [2.24, 2.45) is 5.41 Å². The van der Waals surface area contributed by atoms with Gasteiger partial charge in [0.25, 0.3) is 0 Å². The number of carbonyl (C=O) groups excluding carboxylic acids is 1. The predicted molar refractivity (Wildman–Crippen MR) is 59.3 cm³/mol. The Kier molecular flexibility index (Phi) is 2.94. The molecule has 14 heavy (non-hydrogen) atoms. The van der Waals surface area contributed by atoms with E-state index >= 15 is 0 Å². The summed E-state index contributed by atoms with van der Waals surface area (Å²) >= 11 is 0. The second-order valence-electron chi connectivity index (χ2n) is 4.57. The van der Waals surface area contributed by atoms with Crippen molar-refractivity contribution >= 4 is 11.6 Å². The Morgan fingerprint density at radius 3 is 2.43 bits per heavy atom. The van der Waals surface area contributed by atoms with Gasteiger partial charge in [-0.2, -0.15) is 0 Å². The molecule has 0 saturated heterocycles. The van der Waals surface area contributed by atoms with Gasteiger partial charge in [0.1, 0.15) is 0 Å². The summed E-state index contributed by atoms with van der Waals surface area (Å²) in [6.07, 6.45) is 0. The van der Waals surface area contributed by atoms with Crippen LogP contribution in [0.15, 0.2) is 24.3 Å². The van der Waals surface area contributed by atoms with Gasteiger partial charge in [-0.1, -0.05) is 32.9 Å². The van der Waals surface area contributed by atoms with Crippen LogP contribution in [-0.4, -0.2) is 5.91 Å². The van der Waals surface area contributed by atoms with Crippen molar-refractivity contribution in [2.45, 2.75) is 27.7 Å². The highest BCUT2D eigenvalue weighted by Crippen LogP contribution is 2.17. The summed E-state index contributed by atoms with van der Waals surface area (Å²) in [7, 11) is 0. The first-order chi connectivity index (χ1) is 6.39. The molecule has 0 heterocycles. The van der Waals surface area contributed by atoms with Crippen LogP contribution in [0.3, 0.4) is 0 Å².